The summed E-state index contributed by atoms with van der Waals surface area (Å²) >= 11 is 3.98. The van der Waals surface area contributed by atoms with Gasteiger partial charge in [-0.05, 0) is 31.2 Å². The largest absolute Gasteiger partial charge is 0.248 e. The fraction of sp³-hybridized carbons (Fsp3) is 0.636. The Morgan fingerprint density at radius 1 is 0.963 bits per heavy atom. The highest BCUT2D eigenvalue weighted by atomic mass is 32.2. The molecular weight excluding hydrogens is 367 g/mol. The van der Waals surface area contributed by atoms with Crippen LogP contribution in [-0.2, 0) is 11.5 Å². The molecule has 1 heterocycles. The van der Waals surface area contributed by atoms with Crippen LogP contribution in [0.1, 0.15) is 69.7 Å². The van der Waals surface area contributed by atoms with Crippen LogP contribution in [0.15, 0.2) is 18.2 Å². The summed E-state index contributed by atoms with van der Waals surface area (Å²) < 4.78 is 0. The van der Waals surface area contributed by atoms with Gasteiger partial charge in [0, 0.05) is 16.8 Å². The topological polar surface area (TPSA) is 25.8 Å². The van der Waals surface area contributed by atoms with Crippen molar-refractivity contribution in [3.05, 3.63) is 29.6 Å². The Morgan fingerprint density at radius 2 is 1.67 bits per heavy atom. The van der Waals surface area contributed by atoms with Gasteiger partial charge in [0.15, 0.2) is 7.28 Å². The maximum atomic E-state index is 5.04. The molecule has 1 aliphatic rings. The highest BCUT2D eigenvalue weighted by Gasteiger charge is 2.15. The summed E-state index contributed by atoms with van der Waals surface area (Å²) in [6.07, 6.45) is 14.5. The summed E-state index contributed by atoms with van der Waals surface area (Å²) in [6.45, 7) is 2.25. The zero-order valence-electron chi connectivity index (χ0n) is 17.0. The number of nitrogens with zero attached hydrogens (tertiary/aromatic N) is 2. The van der Waals surface area contributed by atoms with Crippen molar-refractivity contribution in [2.24, 2.45) is 0 Å². The molecule has 1 saturated carbocycles. The third kappa shape index (κ3) is 6.42. The fourth-order valence-corrected chi connectivity index (χ4v) is 5.66. The molecule has 0 atom stereocenters. The van der Waals surface area contributed by atoms with Crippen molar-refractivity contribution in [3.8, 4) is 0 Å². The van der Waals surface area contributed by atoms with Gasteiger partial charge >= 0.3 is 0 Å². The molecule has 2 nitrogen and oxygen atoms in total. The van der Waals surface area contributed by atoms with Gasteiger partial charge in [0.25, 0.3) is 0 Å². The van der Waals surface area contributed by atoms with Crippen LogP contribution in [-0.4, -0.2) is 28.8 Å². The molecule has 1 aromatic heterocycles. The van der Waals surface area contributed by atoms with Crippen molar-refractivity contribution in [1.82, 2.24) is 9.97 Å². The Labute approximate surface area is 174 Å². The molecule has 2 aromatic rings. The van der Waals surface area contributed by atoms with Gasteiger partial charge in [-0.15, -0.1) is 0 Å². The molecule has 0 N–H and O–H groups in total. The molecule has 0 amide bonds. The van der Waals surface area contributed by atoms with Gasteiger partial charge in [0.1, 0.15) is 0 Å². The summed E-state index contributed by atoms with van der Waals surface area (Å²) in [7, 11) is 1.14. The normalized spacial score (nSPS) is 16.2. The lowest BCUT2D eigenvalue weighted by atomic mass is 9.66. The first-order valence-electron chi connectivity index (χ1n) is 10.7. The van der Waals surface area contributed by atoms with Gasteiger partial charge in [-0.3, -0.25) is 0 Å². The van der Waals surface area contributed by atoms with Crippen molar-refractivity contribution in [3.63, 3.8) is 0 Å². The molecular formula is C22H33BN2S2. The molecule has 0 saturated heterocycles. The maximum Gasteiger partial charge on any atom is 0.157 e. The minimum atomic E-state index is 0.807. The third-order valence-electron chi connectivity index (χ3n) is 5.49. The summed E-state index contributed by atoms with van der Waals surface area (Å²) in [5, 5.41) is 0.807. The highest BCUT2D eigenvalue weighted by Crippen LogP contribution is 2.30. The Kier molecular flexibility index (Phi) is 8.85. The van der Waals surface area contributed by atoms with Crippen LogP contribution in [0.4, 0.5) is 0 Å². The second kappa shape index (κ2) is 11.4. The first kappa shape index (κ1) is 21.0. The van der Waals surface area contributed by atoms with E-state index in [2.05, 4.69) is 43.1 Å². The highest BCUT2D eigenvalue weighted by molar-refractivity contribution is 7.99. The molecule has 3 rings (SSSR count). The van der Waals surface area contributed by atoms with Crippen LogP contribution >= 0.6 is 23.5 Å². The molecule has 1 aromatic carbocycles. The Hall–Kier alpha value is -0.675. The SMILES string of the molecule is CCCBc1ccc2nc(CSC3CCCCCCC3)c(CSC)nc2c1. The van der Waals surface area contributed by atoms with E-state index >= 15 is 0 Å². The first-order chi connectivity index (χ1) is 13.3. The first-order valence-corrected chi connectivity index (χ1v) is 13.1. The van der Waals surface area contributed by atoms with E-state index in [4.69, 9.17) is 9.97 Å². The standard InChI is InChI=1S/C22H33BN2S2/c1-3-13-23-17-11-12-19-20(14-17)25-21(15-26-2)22(24-19)16-27-18-9-7-5-4-6-8-10-18/h11-12,14,18,23H,3-10,13,15-16H2,1-2H3. The van der Waals surface area contributed by atoms with E-state index in [9.17, 15) is 0 Å². The van der Waals surface area contributed by atoms with Gasteiger partial charge in [-0.1, -0.05) is 63.3 Å². The van der Waals surface area contributed by atoms with Crippen molar-refractivity contribution < 1.29 is 0 Å². The van der Waals surface area contributed by atoms with E-state index < -0.39 is 0 Å². The molecule has 0 bridgehead atoms. The lowest BCUT2D eigenvalue weighted by molar-refractivity contribution is 0.513. The molecule has 0 aliphatic heterocycles. The van der Waals surface area contributed by atoms with Crippen LogP contribution < -0.4 is 5.46 Å². The van der Waals surface area contributed by atoms with Gasteiger partial charge in [-0.25, -0.2) is 9.97 Å². The molecule has 0 spiro atoms. The second-order valence-corrected chi connectivity index (χ2v) is 9.91. The lowest BCUT2D eigenvalue weighted by Crippen LogP contribution is -2.14. The van der Waals surface area contributed by atoms with Crippen LogP contribution in [0.3, 0.4) is 0 Å². The smallest absolute Gasteiger partial charge is 0.157 e. The minimum absolute atomic E-state index is 0.807. The molecule has 1 aliphatic carbocycles. The van der Waals surface area contributed by atoms with Crippen LogP contribution in [0, 0.1) is 0 Å². The lowest BCUT2D eigenvalue weighted by Gasteiger charge is -2.19. The van der Waals surface area contributed by atoms with E-state index in [-0.39, 0.29) is 0 Å². The average Bonchev–Trinajstić information content (AvgIpc) is 2.65. The minimum Gasteiger partial charge on any atom is -0.248 e. The zero-order valence-corrected chi connectivity index (χ0v) is 18.6. The fourth-order valence-electron chi connectivity index (χ4n) is 3.86. The van der Waals surface area contributed by atoms with Crippen LogP contribution in [0.25, 0.3) is 11.0 Å². The Balaban J connectivity index is 1.75. The quantitative estimate of drug-likeness (QED) is 0.529. The number of rotatable bonds is 8. The molecule has 5 heteroatoms. The predicted molar refractivity (Wildman–Crippen MR) is 126 cm³/mol. The second-order valence-electron chi connectivity index (χ2n) is 7.75. The molecule has 0 unspecified atom stereocenters. The molecule has 0 radical (unpaired) electrons. The summed E-state index contributed by atoms with van der Waals surface area (Å²) in [5.41, 5.74) is 5.94. The number of thioether (sulfide) groups is 2. The van der Waals surface area contributed by atoms with E-state index in [1.54, 1.807) is 0 Å². The van der Waals surface area contributed by atoms with E-state index in [0.29, 0.717) is 0 Å². The van der Waals surface area contributed by atoms with Gasteiger partial charge < -0.3 is 0 Å². The van der Waals surface area contributed by atoms with Crippen molar-refractivity contribution in [2.75, 3.05) is 6.26 Å². The summed E-state index contributed by atoms with van der Waals surface area (Å²) in [4.78, 5) is 10.1. The van der Waals surface area contributed by atoms with Gasteiger partial charge in [0.05, 0.1) is 22.4 Å². The number of hydrogen-bond acceptors (Lipinski definition) is 4. The third-order valence-corrected chi connectivity index (χ3v) is 7.44. The zero-order chi connectivity index (χ0) is 18.9. The van der Waals surface area contributed by atoms with Gasteiger partial charge in [0.2, 0.25) is 0 Å². The predicted octanol–water partition coefficient (Wildman–Crippen LogP) is 5.73. The monoisotopic (exact) mass is 400 g/mol. The van der Waals surface area contributed by atoms with E-state index in [0.717, 1.165) is 35.1 Å². The van der Waals surface area contributed by atoms with Crippen molar-refractivity contribution in [2.45, 2.75) is 81.4 Å². The Morgan fingerprint density at radius 3 is 2.41 bits per heavy atom. The average molecular weight is 400 g/mol. The maximum absolute atomic E-state index is 5.04. The van der Waals surface area contributed by atoms with Crippen LogP contribution in [0.5, 0.6) is 0 Å². The van der Waals surface area contributed by atoms with Gasteiger partial charge in [-0.2, -0.15) is 23.5 Å². The van der Waals surface area contributed by atoms with Crippen LogP contribution in [0.2, 0.25) is 6.32 Å². The van der Waals surface area contributed by atoms with Crippen molar-refractivity contribution in [1.29, 1.82) is 0 Å². The van der Waals surface area contributed by atoms with E-state index in [1.807, 2.05) is 11.8 Å². The van der Waals surface area contributed by atoms with Crippen molar-refractivity contribution >= 4 is 47.3 Å². The summed E-state index contributed by atoms with van der Waals surface area (Å²) in [6, 6.07) is 6.68. The Bertz CT molecular complexity index is 715. The molecule has 27 heavy (non-hydrogen) atoms. The number of fused-ring (bicyclic) bond motifs is 1. The number of hydrogen-bond donors (Lipinski definition) is 0. The number of aromatic nitrogens is 2. The number of benzene rings is 1. The molecule has 146 valence electrons. The van der Waals surface area contributed by atoms with E-state index in [1.165, 1.54) is 74.5 Å². The summed E-state index contributed by atoms with van der Waals surface area (Å²) in [5.74, 6) is 1.98. The molecule has 1 fully saturated rings.